The molecule has 54 heavy (non-hydrogen) atoms. The number of carbonyl (C=O) groups excluding carboxylic acids is 2. The molecule has 0 saturated heterocycles. The topological polar surface area (TPSA) is 172 Å². The van der Waals surface area contributed by atoms with Crippen molar-refractivity contribution < 1.29 is 47.5 Å². The Morgan fingerprint density at radius 3 is 1.50 bits per heavy atom. The first kappa shape index (κ1) is 51.2. The predicted octanol–water partition coefficient (Wildman–Crippen LogP) is 10.4. The summed E-state index contributed by atoms with van der Waals surface area (Å²) >= 11 is 0. The Labute approximate surface area is 326 Å². The number of allylic oxidation sites excluding steroid dienone is 10. The minimum Gasteiger partial charge on any atom is -0.480 e. The van der Waals surface area contributed by atoms with Crippen LogP contribution < -0.4 is 5.73 Å². The fourth-order valence-corrected chi connectivity index (χ4v) is 5.76. The van der Waals surface area contributed by atoms with Crippen molar-refractivity contribution in [2.45, 2.75) is 167 Å². The van der Waals surface area contributed by atoms with Gasteiger partial charge in [0.1, 0.15) is 12.6 Å². The predicted molar refractivity (Wildman–Crippen MR) is 217 cm³/mol. The minimum atomic E-state index is -4.73. The van der Waals surface area contributed by atoms with Gasteiger partial charge in [-0.25, -0.2) is 4.57 Å². The van der Waals surface area contributed by atoms with Crippen molar-refractivity contribution in [3.05, 3.63) is 60.8 Å². The fourth-order valence-electron chi connectivity index (χ4n) is 4.98. The lowest BCUT2D eigenvalue weighted by Crippen LogP contribution is -2.34. The lowest BCUT2D eigenvalue weighted by Gasteiger charge is -2.20. The van der Waals surface area contributed by atoms with Gasteiger partial charge in [0, 0.05) is 12.8 Å². The van der Waals surface area contributed by atoms with Gasteiger partial charge < -0.3 is 25.2 Å². The number of unbranched alkanes of at least 4 members (excludes halogenated alkanes) is 13. The molecule has 1 unspecified atom stereocenters. The van der Waals surface area contributed by atoms with Crippen molar-refractivity contribution in [1.29, 1.82) is 0 Å². The molecular weight excluding hydrogens is 709 g/mol. The molecule has 0 saturated carbocycles. The van der Waals surface area contributed by atoms with Crippen molar-refractivity contribution >= 4 is 25.7 Å². The molecule has 0 aliphatic heterocycles. The third kappa shape index (κ3) is 36.2. The molecule has 0 aliphatic rings. The Balaban J connectivity index is 4.51. The highest BCUT2D eigenvalue weighted by Gasteiger charge is 2.28. The van der Waals surface area contributed by atoms with Crippen LogP contribution in [0.4, 0.5) is 0 Å². The van der Waals surface area contributed by atoms with Crippen LogP contribution in [0.2, 0.25) is 0 Å². The van der Waals surface area contributed by atoms with Crippen molar-refractivity contribution in [3.63, 3.8) is 0 Å². The number of hydrogen-bond acceptors (Lipinski definition) is 9. The van der Waals surface area contributed by atoms with Gasteiger partial charge in [-0.2, -0.15) is 0 Å². The van der Waals surface area contributed by atoms with E-state index in [9.17, 15) is 23.8 Å². The van der Waals surface area contributed by atoms with E-state index in [0.29, 0.717) is 12.8 Å². The van der Waals surface area contributed by atoms with Gasteiger partial charge in [-0.1, -0.05) is 120 Å². The first-order valence-electron chi connectivity index (χ1n) is 20.3. The zero-order valence-corrected chi connectivity index (χ0v) is 34.2. The van der Waals surface area contributed by atoms with Gasteiger partial charge in [-0.15, -0.1) is 0 Å². The first-order chi connectivity index (χ1) is 26.1. The Bertz CT molecular complexity index is 1150. The third-order valence-electron chi connectivity index (χ3n) is 8.24. The summed E-state index contributed by atoms with van der Waals surface area (Å²) < 4.78 is 32.6. The second kappa shape index (κ2) is 37.1. The van der Waals surface area contributed by atoms with Crippen molar-refractivity contribution in [1.82, 2.24) is 0 Å². The van der Waals surface area contributed by atoms with Crippen LogP contribution in [0.1, 0.15) is 155 Å². The number of carbonyl (C=O) groups is 3. The summed E-state index contributed by atoms with van der Waals surface area (Å²) in [5.74, 6) is -2.45. The molecule has 0 radical (unpaired) electrons. The van der Waals surface area contributed by atoms with Gasteiger partial charge in [0.2, 0.25) is 0 Å². The van der Waals surface area contributed by atoms with E-state index >= 15 is 0 Å². The maximum atomic E-state index is 12.6. The largest absolute Gasteiger partial charge is 0.480 e. The van der Waals surface area contributed by atoms with E-state index in [1.165, 1.54) is 38.5 Å². The van der Waals surface area contributed by atoms with Gasteiger partial charge in [-0.3, -0.25) is 23.4 Å². The third-order valence-corrected chi connectivity index (χ3v) is 9.19. The number of ether oxygens (including phenoxy) is 2. The molecule has 0 aliphatic carbocycles. The summed E-state index contributed by atoms with van der Waals surface area (Å²) in [7, 11) is -4.73. The number of hydrogen-bond donors (Lipinski definition) is 3. The second-order valence-corrected chi connectivity index (χ2v) is 14.9. The molecule has 0 aromatic heterocycles. The maximum absolute atomic E-state index is 12.6. The molecule has 11 nitrogen and oxygen atoms in total. The van der Waals surface area contributed by atoms with Crippen LogP contribution in [-0.4, -0.2) is 59.9 Å². The minimum absolute atomic E-state index is 0.134. The molecule has 3 atom stereocenters. The Morgan fingerprint density at radius 1 is 0.574 bits per heavy atom. The molecule has 0 bridgehead atoms. The second-order valence-electron chi connectivity index (χ2n) is 13.4. The summed E-state index contributed by atoms with van der Waals surface area (Å²) in [6.45, 7) is 2.67. The van der Waals surface area contributed by atoms with Crippen LogP contribution in [0.25, 0.3) is 0 Å². The highest BCUT2D eigenvalue weighted by atomic mass is 31.2. The summed E-state index contributed by atoms with van der Waals surface area (Å²) in [6.07, 6.45) is 41.4. The molecule has 0 spiro atoms. The van der Waals surface area contributed by atoms with Crippen molar-refractivity contribution in [3.8, 4) is 0 Å². The number of carboxylic acid groups (broad SMARTS) is 1. The average molecular weight is 782 g/mol. The SMILES string of the molecule is CCCCC/C=C\C/C=C\C/C=C\CCCCC(=O)OC[C@H](COP(=O)(O)OC[C@H](N)C(=O)O)OC(=O)CCCCCCC/C=C\C/C=C\CCCCC. The zero-order valence-electron chi connectivity index (χ0n) is 33.3. The Kier molecular flexibility index (Phi) is 35.2. The molecule has 12 heteroatoms. The molecule has 0 fully saturated rings. The smallest absolute Gasteiger partial charge is 0.472 e. The number of carboxylic acids is 1. The monoisotopic (exact) mass is 781 g/mol. The van der Waals surface area contributed by atoms with Crippen LogP contribution in [0.3, 0.4) is 0 Å². The highest BCUT2D eigenvalue weighted by Crippen LogP contribution is 2.43. The summed E-state index contributed by atoms with van der Waals surface area (Å²) in [5, 5.41) is 8.87. The molecule has 310 valence electrons. The average Bonchev–Trinajstić information content (AvgIpc) is 3.14. The lowest BCUT2D eigenvalue weighted by molar-refractivity contribution is -0.161. The highest BCUT2D eigenvalue weighted by molar-refractivity contribution is 7.47. The van der Waals surface area contributed by atoms with Gasteiger partial charge in [0.05, 0.1) is 13.2 Å². The van der Waals surface area contributed by atoms with Gasteiger partial charge >= 0.3 is 25.7 Å². The van der Waals surface area contributed by atoms with Crippen molar-refractivity contribution in [2.24, 2.45) is 5.73 Å². The van der Waals surface area contributed by atoms with Gasteiger partial charge in [0.25, 0.3) is 0 Å². The van der Waals surface area contributed by atoms with Gasteiger partial charge in [-0.05, 0) is 83.5 Å². The standard InChI is InChI=1S/C42H72NO10P/c1-3-5-7-9-11-13-15-17-19-21-23-25-27-29-31-33-40(44)50-35-38(36-51-54(48,49)52-37-39(43)42(46)47)53-41(45)34-32-30-28-26-24-22-20-18-16-14-12-10-8-6-4-2/h11-14,17-20,23,25,38-39H,3-10,15-16,21-22,24,26-37,43H2,1-2H3,(H,46,47)(H,48,49)/b13-11-,14-12-,19-17-,20-18-,25-23-/t38-,39+/m1/s1. The molecule has 0 aromatic carbocycles. The van der Waals surface area contributed by atoms with E-state index in [4.69, 9.17) is 24.8 Å². The normalized spacial score (nSPS) is 14.4. The summed E-state index contributed by atoms with van der Waals surface area (Å²) in [5.41, 5.74) is 5.32. The number of nitrogens with two attached hydrogens (primary N) is 1. The molecular formula is C42H72NO10P. The van der Waals surface area contributed by atoms with E-state index in [1.54, 1.807) is 0 Å². The molecule has 0 aromatic rings. The van der Waals surface area contributed by atoms with E-state index in [-0.39, 0.29) is 19.4 Å². The van der Waals surface area contributed by atoms with Crippen molar-refractivity contribution in [2.75, 3.05) is 19.8 Å². The number of phosphoric ester groups is 1. The number of phosphoric acid groups is 1. The number of aliphatic carboxylic acids is 1. The van der Waals surface area contributed by atoms with Crippen LogP contribution in [-0.2, 0) is 37.5 Å². The van der Waals surface area contributed by atoms with E-state index < -0.39 is 51.1 Å². The lowest BCUT2D eigenvalue weighted by atomic mass is 10.1. The van der Waals surface area contributed by atoms with Crippen LogP contribution in [0, 0.1) is 0 Å². The summed E-state index contributed by atoms with van der Waals surface area (Å²) in [6, 6.07) is -1.53. The van der Waals surface area contributed by atoms with E-state index in [2.05, 4.69) is 79.1 Å². The Morgan fingerprint density at radius 2 is 0.981 bits per heavy atom. The van der Waals surface area contributed by atoms with Crippen LogP contribution >= 0.6 is 7.82 Å². The zero-order chi connectivity index (χ0) is 40.0. The maximum Gasteiger partial charge on any atom is 0.472 e. The van der Waals surface area contributed by atoms with E-state index in [0.717, 1.165) is 77.0 Å². The molecule has 4 N–H and O–H groups in total. The quantitative estimate of drug-likeness (QED) is 0.0237. The number of rotatable bonds is 37. The number of esters is 2. The fraction of sp³-hybridized carbons (Fsp3) is 0.690. The van der Waals surface area contributed by atoms with E-state index in [1.807, 2.05) is 0 Å². The van der Waals surface area contributed by atoms with Gasteiger partial charge in [0.15, 0.2) is 6.10 Å². The summed E-state index contributed by atoms with van der Waals surface area (Å²) in [4.78, 5) is 45.8. The van der Waals surface area contributed by atoms with Crippen LogP contribution in [0.5, 0.6) is 0 Å². The Hall–Kier alpha value is -2.82. The molecule has 0 amide bonds. The van der Waals surface area contributed by atoms with Crippen LogP contribution in [0.15, 0.2) is 60.8 Å². The first-order valence-corrected chi connectivity index (χ1v) is 21.8. The molecule has 0 heterocycles. The molecule has 0 rings (SSSR count).